The molecular weight excluding hydrogens is 179 g/mol. The second-order valence-corrected chi connectivity index (χ2v) is 3.60. The van der Waals surface area contributed by atoms with E-state index in [1.807, 2.05) is 0 Å². The van der Waals surface area contributed by atoms with Crippen LogP contribution in [0.1, 0.15) is 5.56 Å². The largest absolute Gasteiger partial charge is 0.332 e. The number of hydrogen-bond acceptors (Lipinski definition) is 2. The van der Waals surface area contributed by atoms with E-state index in [0.717, 1.165) is 0 Å². The van der Waals surface area contributed by atoms with Gasteiger partial charge in [0.2, 0.25) is 0 Å². The SMILES string of the molecule is C=C(c1ccccc1)S(=O)(=O)F. The molecule has 0 N–H and O–H groups in total. The summed E-state index contributed by atoms with van der Waals surface area (Å²) in [4.78, 5) is -0.497. The van der Waals surface area contributed by atoms with Gasteiger partial charge in [-0.05, 0) is 5.56 Å². The molecule has 0 radical (unpaired) electrons. The third-order valence-electron chi connectivity index (χ3n) is 1.39. The first-order valence-electron chi connectivity index (χ1n) is 3.21. The van der Waals surface area contributed by atoms with Gasteiger partial charge in [-0.1, -0.05) is 36.9 Å². The van der Waals surface area contributed by atoms with Crippen molar-refractivity contribution in [1.82, 2.24) is 0 Å². The Morgan fingerprint density at radius 3 is 2.17 bits per heavy atom. The first-order valence-corrected chi connectivity index (χ1v) is 4.59. The van der Waals surface area contributed by atoms with E-state index >= 15 is 0 Å². The van der Waals surface area contributed by atoms with Gasteiger partial charge in [-0.15, -0.1) is 3.89 Å². The lowest BCUT2D eigenvalue weighted by Crippen LogP contribution is -1.93. The Balaban J connectivity index is 3.11. The Morgan fingerprint density at radius 1 is 1.25 bits per heavy atom. The van der Waals surface area contributed by atoms with Crippen LogP contribution in [-0.2, 0) is 10.2 Å². The van der Waals surface area contributed by atoms with Crippen molar-refractivity contribution in [2.45, 2.75) is 0 Å². The van der Waals surface area contributed by atoms with E-state index in [9.17, 15) is 12.3 Å². The molecule has 0 unspecified atom stereocenters. The highest BCUT2D eigenvalue weighted by Crippen LogP contribution is 2.19. The summed E-state index contributed by atoms with van der Waals surface area (Å²) < 4.78 is 33.1. The molecule has 1 aromatic rings. The Labute approximate surface area is 70.6 Å². The maximum atomic E-state index is 12.3. The molecule has 1 rings (SSSR count). The number of benzene rings is 1. The lowest BCUT2D eigenvalue weighted by Gasteiger charge is -1.98. The number of halogens is 1. The maximum Gasteiger partial charge on any atom is 0.332 e. The van der Waals surface area contributed by atoms with Crippen molar-refractivity contribution in [3.05, 3.63) is 42.5 Å². The molecule has 0 aliphatic carbocycles. The molecule has 12 heavy (non-hydrogen) atoms. The molecule has 1 aromatic carbocycles. The summed E-state index contributed by atoms with van der Waals surface area (Å²) in [7, 11) is -4.65. The van der Waals surface area contributed by atoms with Crippen molar-refractivity contribution in [3.8, 4) is 0 Å². The fraction of sp³-hybridized carbons (Fsp3) is 0. The quantitative estimate of drug-likeness (QED) is 0.661. The third-order valence-corrected chi connectivity index (χ3v) is 2.21. The van der Waals surface area contributed by atoms with E-state index in [0.29, 0.717) is 0 Å². The van der Waals surface area contributed by atoms with E-state index < -0.39 is 15.1 Å². The molecule has 2 nitrogen and oxygen atoms in total. The first kappa shape index (κ1) is 8.93. The first-order chi connectivity index (χ1) is 5.52. The average molecular weight is 186 g/mol. The molecule has 0 heterocycles. The van der Waals surface area contributed by atoms with Crippen molar-refractivity contribution in [2.24, 2.45) is 0 Å². The predicted molar refractivity (Wildman–Crippen MR) is 45.5 cm³/mol. The van der Waals surface area contributed by atoms with Crippen LogP contribution in [-0.4, -0.2) is 8.42 Å². The van der Waals surface area contributed by atoms with Crippen molar-refractivity contribution in [3.63, 3.8) is 0 Å². The van der Waals surface area contributed by atoms with Gasteiger partial charge in [0.25, 0.3) is 0 Å². The Bertz CT molecular complexity index is 381. The van der Waals surface area contributed by atoms with Gasteiger partial charge >= 0.3 is 10.2 Å². The van der Waals surface area contributed by atoms with Gasteiger partial charge in [0.15, 0.2) is 0 Å². The van der Waals surface area contributed by atoms with Crippen molar-refractivity contribution in [1.29, 1.82) is 0 Å². The summed E-state index contributed by atoms with van der Waals surface area (Å²) in [6, 6.07) is 7.91. The summed E-state index contributed by atoms with van der Waals surface area (Å²) >= 11 is 0. The standard InChI is InChI=1S/C8H7FO2S/c1-7(12(9,10)11)8-5-3-2-4-6-8/h2-6H,1H2. The fourth-order valence-electron chi connectivity index (χ4n) is 0.765. The van der Waals surface area contributed by atoms with E-state index in [1.54, 1.807) is 18.2 Å². The Morgan fingerprint density at radius 2 is 1.75 bits per heavy atom. The van der Waals surface area contributed by atoms with Gasteiger partial charge in [-0.3, -0.25) is 0 Å². The fourth-order valence-corrected chi connectivity index (χ4v) is 1.18. The van der Waals surface area contributed by atoms with Gasteiger partial charge in [0.05, 0.1) is 4.91 Å². The van der Waals surface area contributed by atoms with Crippen LogP contribution in [0.15, 0.2) is 36.9 Å². The van der Waals surface area contributed by atoms with E-state index in [-0.39, 0.29) is 5.56 Å². The molecule has 0 amide bonds. The van der Waals surface area contributed by atoms with E-state index in [1.165, 1.54) is 12.1 Å². The molecule has 0 aliphatic heterocycles. The lowest BCUT2D eigenvalue weighted by atomic mass is 10.2. The summed E-state index contributed by atoms with van der Waals surface area (Å²) in [6.45, 7) is 3.13. The Hall–Kier alpha value is -1.16. The van der Waals surface area contributed by atoms with Crippen LogP contribution in [0, 0.1) is 0 Å². The zero-order valence-electron chi connectivity index (χ0n) is 6.20. The second kappa shape index (κ2) is 3.06. The van der Waals surface area contributed by atoms with Gasteiger partial charge in [-0.2, -0.15) is 8.42 Å². The van der Waals surface area contributed by atoms with Gasteiger partial charge in [0, 0.05) is 0 Å². The minimum Gasteiger partial charge on any atom is -0.189 e. The summed E-state index contributed by atoms with van der Waals surface area (Å²) in [5, 5.41) is 0. The highest BCUT2D eigenvalue weighted by Gasteiger charge is 2.14. The lowest BCUT2D eigenvalue weighted by molar-refractivity contribution is 0.564. The molecule has 0 saturated carbocycles. The van der Waals surface area contributed by atoms with Crippen LogP contribution < -0.4 is 0 Å². The molecular formula is C8H7FO2S. The minimum atomic E-state index is -4.65. The van der Waals surface area contributed by atoms with E-state index in [2.05, 4.69) is 6.58 Å². The van der Waals surface area contributed by atoms with Crippen LogP contribution in [0.5, 0.6) is 0 Å². The zero-order chi connectivity index (χ0) is 9.19. The molecule has 0 aromatic heterocycles. The zero-order valence-corrected chi connectivity index (χ0v) is 7.01. The van der Waals surface area contributed by atoms with Crippen LogP contribution in [0.2, 0.25) is 0 Å². The molecule has 0 atom stereocenters. The van der Waals surface area contributed by atoms with Crippen LogP contribution in [0.3, 0.4) is 0 Å². The van der Waals surface area contributed by atoms with Gasteiger partial charge < -0.3 is 0 Å². The molecule has 0 spiro atoms. The monoisotopic (exact) mass is 186 g/mol. The topological polar surface area (TPSA) is 34.1 Å². The van der Waals surface area contributed by atoms with Crippen molar-refractivity contribution in [2.75, 3.05) is 0 Å². The average Bonchev–Trinajstić information content (AvgIpc) is 2.03. The number of hydrogen-bond donors (Lipinski definition) is 0. The summed E-state index contributed by atoms with van der Waals surface area (Å²) in [6.07, 6.45) is 0. The second-order valence-electron chi connectivity index (χ2n) is 2.23. The molecule has 0 fully saturated rings. The molecule has 4 heteroatoms. The molecule has 64 valence electrons. The number of rotatable bonds is 2. The summed E-state index contributed by atoms with van der Waals surface area (Å²) in [5.74, 6) is 0. The normalized spacial score (nSPS) is 11.1. The van der Waals surface area contributed by atoms with E-state index in [4.69, 9.17) is 0 Å². The van der Waals surface area contributed by atoms with Crippen molar-refractivity contribution >= 4 is 15.1 Å². The maximum absolute atomic E-state index is 12.3. The summed E-state index contributed by atoms with van der Waals surface area (Å²) in [5.41, 5.74) is 0.278. The molecule has 0 bridgehead atoms. The molecule has 0 saturated heterocycles. The van der Waals surface area contributed by atoms with Crippen molar-refractivity contribution < 1.29 is 12.3 Å². The highest BCUT2D eigenvalue weighted by atomic mass is 32.3. The van der Waals surface area contributed by atoms with Gasteiger partial charge in [-0.25, -0.2) is 0 Å². The minimum absolute atomic E-state index is 0.278. The predicted octanol–water partition coefficient (Wildman–Crippen LogP) is 1.96. The van der Waals surface area contributed by atoms with Gasteiger partial charge in [0.1, 0.15) is 0 Å². The van der Waals surface area contributed by atoms with Crippen LogP contribution in [0.25, 0.3) is 4.91 Å². The smallest absolute Gasteiger partial charge is 0.189 e. The highest BCUT2D eigenvalue weighted by molar-refractivity contribution is 7.95. The molecule has 0 aliphatic rings. The Kier molecular flexibility index (Phi) is 2.28. The van der Waals surface area contributed by atoms with Crippen LogP contribution in [0.4, 0.5) is 3.89 Å². The van der Waals surface area contributed by atoms with Crippen LogP contribution >= 0.6 is 0 Å². The third kappa shape index (κ3) is 1.92.